The van der Waals surface area contributed by atoms with Gasteiger partial charge in [-0.3, -0.25) is 0 Å². The second kappa shape index (κ2) is 5.02. The van der Waals surface area contributed by atoms with Crippen molar-refractivity contribution in [1.82, 2.24) is 4.98 Å². The zero-order valence-corrected chi connectivity index (χ0v) is 13.1. The third-order valence-electron chi connectivity index (χ3n) is 4.64. The van der Waals surface area contributed by atoms with Gasteiger partial charge in [0.1, 0.15) is 4.88 Å². The number of hydrogen-bond acceptors (Lipinski definition) is 4. The van der Waals surface area contributed by atoms with Gasteiger partial charge in [-0.25, -0.2) is 9.78 Å². The maximum absolute atomic E-state index is 11.4. The number of thiazole rings is 1. The van der Waals surface area contributed by atoms with E-state index in [2.05, 4.69) is 25.7 Å². The molecule has 2 heterocycles. The highest BCUT2D eigenvalue weighted by molar-refractivity contribution is 7.17. The Kier molecular flexibility index (Phi) is 3.48. The fourth-order valence-corrected chi connectivity index (χ4v) is 4.29. The Labute approximate surface area is 123 Å². The SMILES string of the molecule is CC1CC(C)C(C)N(c2nc(C3CC3)c(C(=O)O)s2)C1. The van der Waals surface area contributed by atoms with Crippen LogP contribution in [-0.4, -0.2) is 28.6 Å². The molecule has 1 aromatic heterocycles. The predicted molar refractivity (Wildman–Crippen MR) is 80.8 cm³/mol. The standard InChI is InChI=1S/C15H22N2O2S/c1-8-6-9(2)10(3)17(7-8)15-16-12(11-4-5-11)13(20-15)14(18)19/h8-11H,4-7H2,1-3H3,(H,18,19). The smallest absolute Gasteiger partial charge is 0.347 e. The molecule has 0 spiro atoms. The summed E-state index contributed by atoms with van der Waals surface area (Å²) in [6.07, 6.45) is 3.42. The molecule has 110 valence electrons. The number of hydrogen-bond donors (Lipinski definition) is 1. The predicted octanol–water partition coefficient (Wildman–Crippen LogP) is 3.59. The summed E-state index contributed by atoms with van der Waals surface area (Å²) in [4.78, 5) is 18.9. The summed E-state index contributed by atoms with van der Waals surface area (Å²) < 4.78 is 0. The Morgan fingerprint density at radius 3 is 2.65 bits per heavy atom. The molecule has 1 aliphatic heterocycles. The number of carbonyl (C=O) groups is 1. The van der Waals surface area contributed by atoms with Crippen molar-refractivity contribution in [3.05, 3.63) is 10.6 Å². The molecule has 2 fully saturated rings. The van der Waals surface area contributed by atoms with Gasteiger partial charge < -0.3 is 10.0 Å². The molecule has 1 aliphatic carbocycles. The van der Waals surface area contributed by atoms with E-state index in [9.17, 15) is 9.90 Å². The fraction of sp³-hybridized carbons (Fsp3) is 0.733. The molecule has 1 saturated heterocycles. The summed E-state index contributed by atoms with van der Waals surface area (Å²) in [7, 11) is 0. The molecule has 3 atom stereocenters. The molecule has 1 saturated carbocycles. The fourth-order valence-electron chi connectivity index (χ4n) is 3.20. The first-order valence-corrected chi connectivity index (χ1v) is 8.29. The van der Waals surface area contributed by atoms with Gasteiger partial charge in [0.2, 0.25) is 0 Å². The molecular weight excluding hydrogens is 272 g/mol. The van der Waals surface area contributed by atoms with E-state index >= 15 is 0 Å². The van der Waals surface area contributed by atoms with E-state index in [1.54, 1.807) is 0 Å². The Balaban J connectivity index is 1.93. The average Bonchev–Trinajstić information content (AvgIpc) is 3.12. The van der Waals surface area contributed by atoms with Gasteiger partial charge in [0, 0.05) is 18.5 Å². The number of piperidine rings is 1. The van der Waals surface area contributed by atoms with Crippen LogP contribution in [0.15, 0.2) is 0 Å². The minimum Gasteiger partial charge on any atom is -0.477 e. The molecule has 0 bridgehead atoms. The van der Waals surface area contributed by atoms with E-state index in [1.165, 1.54) is 17.8 Å². The van der Waals surface area contributed by atoms with Crippen LogP contribution in [0.25, 0.3) is 0 Å². The molecule has 0 radical (unpaired) electrons. The van der Waals surface area contributed by atoms with Crippen LogP contribution in [0.4, 0.5) is 5.13 Å². The average molecular weight is 294 g/mol. The quantitative estimate of drug-likeness (QED) is 0.925. The first-order chi connectivity index (χ1) is 9.47. The molecule has 20 heavy (non-hydrogen) atoms. The Morgan fingerprint density at radius 2 is 2.05 bits per heavy atom. The van der Waals surface area contributed by atoms with Crippen molar-refractivity contribution in [3.63, 3.8) is 0 Å². The second-order valence-corrected chi connectivity index (χ2v) is 7.48. The van der Waals surface area contributed by atoms with Crippen LogP contribution < -0.4 is 4.90 Å². The van der Waals surface area contributed by atoms with Crippen LogP contribution >= 0.6 is 11.3 Å². The zero-order valence-electron chi connectivity index (χ0n) is 12.3. The maximum atomic E-state index is 11.4. The number of rotatable bonds is 3. The van der Waals surface area contributed by atoms with E-state index in [0.29, 0.717) is 28.7 Å². The first kappa shape index (κ1) is 13.9. The van der Waals surface area contributed by atoms with Gasteiger partial charge in [0.05, 0.1) is 5.69 Å². The van der Waals surface area contributed by atoms with Crippen molar-refractivity contribution in [1.29, 1.82) is 0 Å². The Hall–Kier alpha value is -1.10. The highest BCUT2D eigenvalue weighted by Gasteiger charge is 2.36. The second-order valence-electron chi connectivity index (χ2n) is 6.50. The largest absolute Gasteiger partial charge is 0.477 e. The summed E-state index contributed by atoms with van der Waals surface area (Å²) in [5.74, 6) is 0.838. The van der Waals surface area contributed by atoms with Crippen molar-refractivity contribution >= 4 is 22.4 Å². The van der Waals surface area contributed by atoms with Crippen LogP contribution in [0.2, 0.25) is 0 Å². The Morgan fingerprint density at radius 1 is 1.35 bits per heavy atom. The summed E-state index contributed by atoms with van der Waals surface area (Å²) in [5.41, 5.74) is 0.829. The summed E-state index contributed by atoms with van der Waals surface area (Å²) in [5, 5.41) is 10.3. The minimum absolute atomic E-state index is 0.390. The maximum Gasteiger partial charge on any atom is 0.347 e. The molecular formula is C15H22N2O2S. The minimum atomic E-state index is -0.818. The molecule has 1 N–H and O–H groups in total. The third kappa shape index (κ3) is 2.43. The van der Waals surface area contributed by atoms with Crippen LogP contribution in [-0.2, 0) is 0 Å². The van der Waals surface area contributed by atoms with Crippen molar-refractivity contribution < 1.29 is 9.90 Å². The monoisotopic (exact) mass is 294 g/mol. The number of nitrogens with zero attached hydrogens (tertiary/aromatic N) is 2. The lowest BCUT2D eigenvalue weighted by atomic mass is 9.86. The van der Waals surface area contributed by atoms with Gasteiger partial charge in [0.15, 0.2) is 5.13 Å². The highest BCUT2D eigenvalue weighted by Crippen LogP contribution is 2.45. The van der Waals surface area contributed by atoms with Crippen molar-refractivity contribution in [3.8, 4) is 0 Å². The van der Waals surface area contributed by atoms with Gasteiger partial charge in [0.25, 0.3) is 0 Å². The first-order valence-electron chi connectivity index (χ1n) is 7.48. The van der Waals surface area contributed by atoms with Crippen LogP contribution in [0, 0.1) is 11.8 Å². The molecule has 0 amide bonds. The molecule has 2 aliphatic rings. The molecule has 5 heteroatoms. The van der Waals surface area contributed by atoms with Crippen LogP contribution in [0.5, 0.6) is 0 Å². The Bertz CT molecular complexity index is 524. The normalized spacial score (nSPS) is 30.6. The lowest BCUT2D eigenvalue weighted by Gasteiger charge is -2.41. The number of anilines is 1. The van der Waals surface area contributed by atoms with Crippen LogP contribution in [0.1, 0.15) is 61.3 Å². The van der Waals surface area contributed by atoms with Crippen LogP contribution in [0.3, 0.4) is 0 Å². The molecule has 3 unspecified atom stereocenters. The zero-order chi connectivity index (χ0) is 14.4. The third-order valence-corrected chi connectivity index (χ3v) is 5.74. The lowest BCUT2D eigenvalue weighted by molar-refractivity contribution is 0.0700. The van der Waals surface area contributed by atoms with Crippen molar-refractivity contribution in [2.45, 2.75) is 52.0 Å². The van der Waals surface area contributed by atoms with Gasteiger partial charge in [-0.15, -0.1) is 0 Å². The topological polar surface area (TPSA) is 53.4 Å². The number of aromatic nitrogens is 1. The van der Waals surface area contributed by atoms with E-state index in [4.69, 9.17) is 4.98 Å². The molecule has 0 aromatic carbocycles. The summed E-state index contributed by atoms with van der Waals surface area (Å²) in [6, 6.07) is 0.436. The van der Waals surface area contributed by atoms with E-state index in [0.717, 1.165) is 30.2 Å². The van der Waals surface area contributed by atoms with Gasteiger partial charge in [-0.2, -0.15) is 0 Å². The number of carboxylic acids is 1. The van der Waals surface area contributed by atoms with Gasteiger partial charge in [-0.1, -0.05) is 25.2 Å². The lowest BCUT2D eigenvalue weighted by Crippen LogP contribution is -2.45. The van der Waals surface area contributed by atoms with Gasteiger partial charge >= 0.3 is 5.97 Å². The highest BCUT2D eigenvalue weighted by atomic mass is 32.1. The van der Waals surface area contributed by atoms with E-state index < -0.39 is 5.97 Å². The summed E-state index contributed by atoms with van der Waals surface area (Å²) >= 11 is 1.37. The van der Waals surface area contributed by atoms with Crippen molar-refractivity contribution in [2.24, 2.45) is 11.8 Å². The molecule has 4 nitrogen and oxygen atoms in total. The van der Waals surface area contributed by atoms with Gasteiger partial charge in [-0.05, 0) is 38.0 Å². The van der Waals surface area contributed by atoms with E-state index in [1.807, 2.05) is 0 Å². The number of aromatic carboxylic acids is 1. The van der Waals surface area contributed by atoms with Crippen molar-refractivity contribution in [2.75, 3.05) is 11.4 Å². The van der Waals surface area contributed by atoms with E-state index in [-0.39, 0.29) is 0 Å². The molecule has 1 aromatic rings. The summed E-state index contributed by atoms with van der Waals surface area (Å²) in [6.45, 7) is 7.76. The number of carboxylic acid groups (broad SMARTS) is 1. The molecule has 3 rings (SSSR count).